The van der Waals surface area contributed by atoms with Crippen molar-refractivity contribution in [3.63, 3.8) is 0 Å². The van der Waals surface area contributed by atoms with E-state index in [0.717, 1.165) is 19.4 Å². The number of hydrogen-bond acceptors (Lipinski definition) is 2. The largest absolute Gasteiger partial charge is 0.370 e. The number of nitrogens with zero attached hydrogens (tertiary/aromatic N) is 1. The average Bonchev–Trinajstić information content (AvgIpc) is 2.62. The number of carbonyl (C=O) groups is 2. The maximum Gasteiger partial charge on any atom is 0.222 e. The van der Waals surface area contributed by atoms with Gasteiger partial charge in [0.2, 0.25) is 11.8 Å². The normalized spacial score (nSPS) is 19.7. The predicted molar refractivity (Wildman–Crippen MR) is 78.0 cm³/mol. The van der Waals surface area contributed by atoms with E-state index in [1.807, 2.05) is 23.1 Å². The molecule has 108 valence electrons. The Morgan fingerprint density at radius 1 is 1.30 bits per heavy atom. The summed E-state index contributed by atoms with van der Waals surface area (Å²) in [6, 6.07) is 10.3. The number of primary amides is 1. The zero-order chi connectivity index (χ0) is 14.4. The standard InChI is InChI=1S/C16H22N2O2/c17-15(19)9-5-11-18-12-14(8-4-10-16(18)20)13-6-2-1-3-7-13/h1-3,6-7,14H,4-5,8-12H2,(H2,17,19). The summed E-state index contributed by atoms with van der Waals surface area (Å²) in [6.45, 7) is 1.38. The first kappa shape index (κ1) is 14.6. The minimum atomic E-state index is -0.299. The smallest absolute Gasteiger partial charge is 0.222 e. The molecular formula is C16H22N2O2. The van der Waals surface area contributed by atoms with Gasteiger partial charge in [-0.1, -0.05) is 30.3 Å². The Morgan fingerprint density at radius 2 is 2.05 bits per heavy atom. The molecule has 1 aromatic rings. The van der Waals surface area contributed by atoms with Gasteiger partial charge < -0.3 is 10.6 Å². The van der Waals surface area contributed by atoms with Crippen LogP contribution in [0.3, 0.4) is 0 Å². The van der Waals surface area contributed by atoms with E-state index in [2.05, 4.69) is 12.1 Å². The predicted octanol–water partition coefficient (Wildman–Crippen LogP) is 2.05. The second-order valence-corrected chi connectivity index (χ2v) is 5.41. The molecule has 1 atom stereocenters. The summed E-state index contributed by atoms with van der Waals surface area (Å²) in [6.07, 6.45) is 3.59. The minimum absolute atomic E-state index is 0.202. The summed E-state index contributed by atoms with van der Waals surface area (Å²) in [7, 11) is 0. The highest BCUT2D eigenvalue weighted by molar-refractivity contribution is 5.77. The van der Waals surface area contributed by atoms with E-state index < -0.39 is 0 Å². The Hall–Kier alpha value is -1.84. The lowest BCUT2D eigenvalue weighted by atomic mass is 9.94. The zero-order valence-corrected chi connectivity index (χ0v) is 11.8. The van der Waals surface area contributed by atoms with Gasteiger partial charge in [0.1, 0.15) is 0 Å². The Morgan fingerprint density at radius 3 is 2.75 bits per heavy atom. The first-order valence-electron chi connectivity index (χ1n) is 7.28. The van der Waals surface area contributed by atoms with Crippen LogP contribution in [0.2, 0.25) is 0 Å². The van der Waals surface area contributed by atoms with Crippen LogP contribution in [0.1, 0.15) is 43.6 Å². The van der Waals surface area contributed by atoms with Crippen LogP contribution in [0.4, 0.5) is 0 Å². The maximum absolute atomic E-state index is 12.1. The second kappa shape index (κ2) is 7.08. The van der Waals surface area contributed by atoms with Gasteiger partial charge >= 0.3 is 0 Å². The highest BCUT2D eigenvalue weighted by Crippen LogP contribution is 2.26. The summed E-state index contributed by atoms with van der Waals surface area (Å²) in [5.74, 6) is 0.302. The molecule has 4 nitrogen and oxygen atoms in total. The van der Waals surface area contributed by atoms with Crippen LogP contribution >= 0.6 is 0 Å². The Balaban J connectivity index is 1.99. The van der Waals surface area contributed by atoms with E-state index in [1.165, 1.54) is 5.56 Å². The quantitative estimate of drug-likeness (QED) is 0.893. The topological polar surface area (TPSA) is 63.4 Å². The van der Waals surface area contributed by atoms with Crippen LogP contribution in [0, 0.1) is 0 Å². The van der Waals surface area contributed by atoms with Crippen LogP contribution in [0.5, 0.6) is 0 Å². The number of likely N-dealkylation sites (tertiary alicyclic amines) is 1. The van der Waals surface area contributed by atoms with Gasteiger partial charge in [0.15, 0.2) is 0 Å². The third-order valence-corrected chi connectivity index (χ3v) is 3.86. The van der Waals surface area contributed by atoms with Crippen molar-refractivity contribution < 1.29 is 9.59 Å². The summed E-state index contributed by atoms with van der Waals surface area (Å²) < 4.78 is 0. The summed E-state index contributed by atoms with van der Waals surface area (Å²) in [4.78, 5) is 24.8. The molecule has 1 heterocycles. The fourth-order valence-electron chi connectivity index (χ4n) is 2.77. The molecule has 0 bridgehead atoms. The van der Waals surface area contributed by atoms with Crippen molar-refractivity contribution in [2.75, 3.05) is 13.1 Å². The monoisotopic (exact) mass is 274 g/mol. The van der Waals surface area contributed by atoms with Crippen LogP contribution < -0.4 is 5.73 Å². The summed E-state index contributed by atoms with van der Waals surface area (Å²) in [5.41, 5.74) is 6.44. The molecule has 2 amide bonds. The number of amides is 2. The van der Waals surface area contributed by atoms with Crippen LogP contribution in [0.15, 0.2) is 30.3 Å². The molecule has 1 saturated heterocycles. The van der Waals surface area contributed by atoms with Gasteiger partial charge in [-0.05, 0) is 24.8 Å². The van der Waals surface area contributed by atoms with E-state index >= 15 is 0 Å². The molecule has 1 fully saturated rings. The van der Waals surface area contributed by atoms with Gasteiger partial charge in [0.05, 0.1) is 0 Å². The molecule has 4 heteroatoms. The van der Waals surface area contributed by atoms with Crippen LogP contribution in [-0.4, -0.2) is 29.8 Å². The van der Waals surface area contributed by atoms with E-state index in [9.17, 15) is 9.59 Å². The Kier molecular flexibility index (Phi) is 5.16. The van der Waals surface area contributed by atoms with Gasteiger partial charge in [-0.3, -0.25) is 9.59 Å². The van der Waals surface area contributed by atoms with Crippen molar-refractivity contribution >= 4 is 11.8 Å². The molecule has 0 aliphatic carbocycles. The molecule has 0 radical (unpaired) electrons. The van der Waals surface area contributed by atoms with Gasteiger partial charge in [-0.2, -0.15) is 0 Å². The maximum atomic E-state index is 12.1. The van der Waals surface area contributed by atoms with Crippen molar-refractivity contribution in [3.05, 3.63) is 35.9 Å². The fourth-order valence-corrected chi connectivity index (χ4v) is 2.77. The number of rotatable bonds is 5. The van der Waals surface area contributed by atoms with Crippen LogP contribution in [0.25, 0.3) is 0 Å². The van der Waals surface area contributed by atoms with Gasteiger partial charge in [-0.15, -0.1) is 0 Å². The Bertz CT molecular complexity index is 459. The molecule has 2 rings (SSSR count). The lowest BCUT2D eigenvalue weighted by Gasteiger charge is -2.24. The number of nitrogens with two attached hydrogens (primary N) is 1. The SMILES string of the molecule is NC(=O)CCCN1CC(c2ccccc2)CCCC1=O. The van der Waals surface area contributed by atoms with Gasteiger partial charge in [-0.25, -0.2) is 0 Å². The second-order valence-electron chi connectivity index (χ2n) is 5.41. The van der Waals surface area contributed by atoms with Crippen molar-refractivity contribution in [1.82, 2.24) is 4.90 Å². The van der Waals surface area contributed by atoms with E-state index in [-0.39, 0.29) is 11.8 Å². The first-order valence-corrected chi connectivity index (χ1v) is 7.28. The van der Waals surface area contributed by atoms with E-state index in [0.29, 0.717) is 31.7 Å². The molecule has 0 spiro atoms. The molecule has 20 heavy (non-hydrogen) atoms. The lowest BCUT2D eigenvalue weighted by molar-refractivity contribution is -0.131. The lowest BCUT2D eigenvalue weighted by Crippen LogP contribution is -2.34. The first-order chi connectivity index (χ1) is 9.66. The molecule has 1 aromatic carbocycles. The molecule has 0 saturated carbocycles. The molecule has 1 unspecified atom stereocenters. The molecule has 1 aliphatic rings. The molecule has 0 aromatic heterocycles. The highest BCUT2D eigenvalue weighted by atomic mass is 16.2. The van der Waals surface area contributed by atoms with Crippen LogP contribution in [-0.2, 0) is 9.59 Å². The van der Waals surface area contributed by atoms with E-state index in [4.69, 9.17) is 5.73 Å². The minimum Gasteiger partial charge on any atom is -0.370 e. The number of hydrogen-bond donors (Lipinski definition) is 1. The third-order valence-electron chi connectivity index (χ3n) is 3.86. The fraction of sp³-hybridized carbons (Fsp3) is 0.500. The number of carbonyl (C=O) groups excluding carboxylic acids is 2. The average molecular weight is 274 g/mol. The third kappa shape index (κ3) is 4.08. The summed E-state index contributed by atoms with van der Waals surface area (Å²) >= 11 is 0. The van der Waals surface area contributed by atoms with Gasteiger partial charge in [0, 0.05) is 31.8 Å². The van der Waals surface area contributed by atoms with Gasteiger partial charge in [0.25, 0.3) is 0 Å². The van der Waals surface area contributed by atoms with Crippen molar-refractivity contribution in [1.29, 1.82) is 0 Å². The van der Waals surface area contributed by atoms with Crippen molar-refractivity contribution in [2.24, 2.45) is 5.73 Å². The molecule has 2 N–H and O–H groups in total. The van der Waals surface area contributed by atoms with Crippen molar-refractivity contribution in [2.45, 2.75) is 38.0 Å². The molecule has 1 aliphatic heterocycles. The zero-order valence-electron chi connectivity index (χ0n) is 11.8. The van der Waals surface area contributed by atoms with Crippen molar-refractivity contribution in [3.8, 4) is 0 Å². The molecular weight excluding hydrogens is 252 g/mol. The highest BCUT2D eigenvalue weighted by Gasteiger charge is 2.23. The summed E-state index contributed by atoms with van der Waals surface area (Å²) in [5, 5.41) is 0. The van der Waals surface area contributed by atoms with E-state index in [1.54, 1.807) is 0 Å². The Labute approximate surface area is 119 Å². The number of benzene rings is 1.